The van der Waals surface area contributed by atoms with Crippen molar-refractivity contribution in [1.82, 2.24) is 4.57 Å². The molecular formula is C14H10ClNO2. The summed E-state index contributed by atoms with van der Waals surface area (Å²) in [5.74, 6) is -0.313. The third-order valence-electron chi connectivity index (χ3n) is 3.47. The van der Waals surface area contributed by atoms with Crippen LogP contribution in [-0.2, 0) is 7.05 Å². The zero-order chi connectivity index (χ0) is 13.0. The van der Waals surface area contributed by atoms with Crippen LogP contribution in [0.4, 0.5) is 0 Å². The van der Waals surface area contributed by atoms with Crippen molar-refractivity contribution >= 4 is 23.2 Å². The van der Waals surface area contributed by atoms with Crippen molar-refractivity contribution in [2.75, 3.05) is 0 Å². The van der Waals surface area contributed by atoms with Crippen molar-refractivity contribution in [3.63, 3.8) is 0 Å². The van der Waals surface area contributed by atoms with Gasteiger partial charge in [0.2, 0.25) is 5.78 Å². The first-order valence-electron chi connectivity index (χ1n) is 5.57. The Bertz CT molecular complexity index is 654. The third-order valence-corrected chi connectivity index (χ3v) is 3.93. The van der Waals surface area contributed by atoms with E-state index in [1.807, 2.05) is 0 Å². The Hall–Kier alpha value is -1.87. The molecule has 0 radical (unpaired) electrons. The van der Waals surface area contributed by atoms with E-state index in [0.29, 0.717) is 27.4 Å². The molecule has 90 valence electrons. The predicted octanol–water partition coefficient (Wildman–Crippen LogP) is 2.76. The molecule has 3 rings (SSSR count). The van der Waals surface area contributed by atoms with Crippen LogP contribution >= 0.6 is 11.6 Å². The van der Waals surface area contributed by atoms with Gasteiger partial charge in [0.15, 0.2) is 5.78 Å². The van der Waals surface area contributed by atoms with Gasteiger partial charge in [0.05, 0.1) is 10.6 Å². The summed E-state index contributed by atoms with van der Waals surface area (Å²) in [6.07, 6.45) is 0. The van der Waals surface area contributed by atoms with Gasteiger partial charge in [-0.25, -0.2) is 0 Å². The van der Waals surface area contributed by atoms with Crippen LogP contribution in [0, 0.1) is 6.92 Å². The van der Waals surface area contributed by atoms with E-state index in [9.17, 15) is 9.59 Å². The summed E-state index contributed by atoms with van der Waals surface area (Å²) < 4.78 is 1.69. The summed E-state index contributed by atoms with van der Waals surface area (Å²) in [5.41, 5.74) is 2.34. The van der Waals surface area contributed by atoms with Crippen LogP contribution in [0.15, 0.2) is 24.3 Å². The molecule has 0 aliphatic heterocycles. The third kappa shape index (κ3) is 1.20. The van der Waals surface area contributed by atoms with Gasteiger partial charge in [0, 0.05) is 23.9 Å². The number of carbonyl (C=O) groups excluding carboxylic acids is 2. The summed E-state index contributed by atoms with van der Waals surface area (Å²) in [6.45, 7) is 1.80. The van der Waals surface area contributed by atoms with Crippen LogP contribution in [-0.4, -0.2) is 16.1 Å². The first kappa shape index (κ1) is 11.2. The van der Waals surface area contributed by atoms with Gasteiger partial charge in [-0.1, -0.05) is 35.9 Å². The molecule has 0 atom stereocenters. The van der Waals surface area contributed by atoms with Gasteiger partial charge in [-0.3, -0.25) is 9.59 Å². The first-order valence-corrected chi connectivity index (χ1v) is 5.95. The van der Waals surface area contributed by atoms with Gasteiger partial charge >= 0.3 is 0 Å². The highest BCUT2D eigenvalue weighted by Gasteiger charge is 2.35. The maximum Gasteiger partial charge on any atom is 0.210 e. The molecule has 0 saturated heterocycles. The van der Waals surface area contributed by atoms with E-state index < -0.39 is 0 Å². The van der Waals surface area contributed by atoms with Crippen LogP contribution in [0.2, 0.25) is 5.02 Å². The second-order valence-electron chi connectivity index (χ2n) is 4.39. The molecule has 0 N–H and O–H groups in total. The molecule has 18 heavy (non-hydrogen) atoms. The maximum atomic E-state index is 12.4. The molecular weight excluding hydrogens is 250 g/mol. The number of halogens is 1. The minimum absolute atomic E-state index is 0.141. The average Bonchev–Trinajstić information content (AvgIpc) is 2.61. The van der Waals surface area contributed by atoms with Crippen molar-refractivity contribution in [1.29, 1.82) is 0 Å². The second-order valence-corrected chi connectivity index (χ2v) is 4.76. The van der Waals surface area contributed by atoms with E-state index in [-0.39, 0.29) is 11.6 Å². The lowest BCUT2D eigenvalue weighted by atomic mass is 9.88. The van der Waals surface area contributed by atoms with Gasteiger partial charge in [0.1, 0.15) is 5.69 Å². The van der Waals surface area contributed by atoms with E-state index in [0.717, 1.165) is 5.69 Å². The van der Waals surface area contributed by atoms with E-state index in [1.54, 1.807) is 42.8 Å². The zero-order valence-corrected chi connectivity index (χ0v) is 10.7. The quantitative estimate of drug-likeness (QED) is 0.623. The highest BCUT2D eigenvalue weighted by Crippen LogP contribution is 2.35. The van der Waals surface area contributed by atoms with E-state index >= 15 is 0 Å². The fourth-order valence-electron chi connectivity index (χ4n) is 2.38. The molecule has 1 aliphatic carbocycles. The monoisotopic (exact) mass is 259 g/mol. The van der Waals surface area contributed by atoms with Crippen LogP contribution in [0.3, 0.4) is 0 Å². The van der Waals surface area contributed by atoms with Gasteiger partial charge in [-0.05, 0) is 6.92 Å². The van der Waals surface area contributed by atoms with Gasteiger partial charge < -0.3 is 4.57 Å². The van der Waals surface area contributed by atoms with Crippen molar-refractivity contribution in [2.24, 2.45) is 7.05 Å². The Labute approximate surface area is 109 Å². The molecule has 1 aromatic carbocycles. The standard InChI is InChI=1S/C14H10ClNO2/c1-7-11(15)10-12(16(7)2)14(18)9-6-4-3-5-8(9)13(10)17/h3-6H,1-2H3. The van der Waals surface area contributed by atoms with Gasteiger partial charge in [0.25, 0.3) is 0 Å². The highest BCUT2D eigenvalue weighted by molar-refractivity contribution is 6.39. The first-order chi connectivity index (χ1) is 8.54. The SMILES string of the molecule is Cc1c(Cl)c2c(n1C)C(=O)c1ccccc1C2=O. The molecule has 1 aromatic heterocycles. The van der Waals surface area contributed by atoms with Crippen LogP contribution < -0.4 is 0 Å². The minimum atomic E-state index is -0.172. The molecule has 0 fully saturated rings. The molecule has 0 amide bonds. The summed E-state index contributed by atoms with van der Waals surface area (Å²) in [7, 11) is 1.75. The lowest BCUT2D eigenvalue weighted by Gasteiger charge is -2.15. The fourth-order valence-corrected chi connectivity index (χ4v) is 2.68. The summed E-state index contributed by atoms with van der Waals surface area (Å²) in [6, 6.07) is 6.84. The highest BCUT2D eigenvalue weighted by atomic mass is 35.5. The van der Waals surface area contributed by atoms with Crippen LogP contribution in [0.1, 0.15) is 37.7 Å². The summed E-state index contributed by atoms with van der Waals surface area (Å²) >= 11 is 6.16. The molecule has 0 bridgehead atoms. The summed E-state index contributed by atoms with van der Waals surface area (Å²) in [4.78, 5) is 24.8. The van der Waals surface area contributed by atoms with Crippen LogP contribution in [0.5, 0.6) is 0 Å². The largest absolute Gasteiger partial charge is 0.343 e. The number of aromatic nitrogens is 1. The predicted molar refractivity (Wildman–Crippen MR) is 68.5 cm³/mol. The number of hydrogen-bond acceptors (Lipinski definition) is 2. The number of benzene rings is 1. The van der Waals surface area contributed by atoms with Crippen molar-refractivity contribution in [3.05, 3.63) is 57.4 Å². The molecule has 0 unspecified atom stereocenters. The Balaban J connectivity index is 2.41. The molecule has 0 saturated carbocycles. The van der Waals surface area contributed by atoms with Gasteiger partial charge in [-0.2, -0.15) is 0 Å². The molecule has 1 heterocycles. The lowest BCUT2D eigenvalue weighted by molar-refractivity contribution is 0.0974. The molecule has 2 aromatic rings. The Morgan fingerprint density at radius 3 is 2.22 bits per heavy atom. The van der Waals surface area contributed by atoms with Crippen molar-refractivity contribution < 1.29 is 9.59 Å². The number of hydrogen-bond donors (Lipinski definition) is 0. The Morgan fingerprint density at radius 2 is 1.61 bits per heavy atom. The minimum Gasteiger partial charge on any atom is -0.343 e. The number of carbonyl (C=O) groups is 2. The smallest absolute Gasteiger partial charge is 0.210 e. The second kappa shape index (κ2) is 3.56. The lowest BCUT2D eigenvalue weighted by Crippen LogP contribution is -2.22. The zero-order valence-electron chi connectivity index (χ0n) is 9.95. The summed E-state index contributed by atoms with van der Waals surface area (Å²) in [5, 5.41) is 0.375. The van der Waals surface area contributed by atoms with Gasteiger partial charge in [-0.15, -0.1) is 0 Å². The Morgan fingerprint density at radius 1 is 1.06 bits per heavy atom. The normalized spacial score (nSPS) is 13.5. The molecule has 4 heteroatoms. The Kier molecular flexibility index (Phi) is 2.22. The number of ketones is 2. The topological polar surface area (TPSA) is 39.1 Å². The maximum absolute atomic E-state index is 12.4. The molecule has 3 nitrogen and oxygen atoms in total. The average molecular weight is 260 g/mol. The molecule has 1 aliphatic rings. The van der Waals surface area contributed by atoms with E-state index in [1.165, 1.54) is 0 Å². The van der Waals surface area contributed by atoms with Crippen molar-refractivity contribution in [3.8, 4) is 0 Å². The van der Waals surface area contributed by atoms with Crippen LogP contribution in [0.25, 0.3) is 0 Å². The van der Waals surface area contributed by atoms with E-state index in [2.05, 4.69) is 0 Å². The number of nitrogens with zero attached hydrogens (tertiary/aromatic N) is 1. The number of rotatable bonds is 0. The number of fused-ring (bicyclic) bond motifs is 2. The molecule has 0 spiro atoms. The van der Waals surface area contributed by atoms with Crippen molar-refractivity contribution in [2.45, 2.75) is 6.92 Å². The fraction of sp³-hybridized carbons (Fsp3) is 0.143. The van der Waals surface area contributed by atoms with E-state index in [4.69, 9.17) is 11.6 Å².